The highest BCUT2D eigenvalue weighted by Gasteiger charge is 2.07. The molecule has 5 nitrogen and oxygen atoms in total. The number of hydrogen-bond donors (Lipinski definition) is 1. The molecule has 18 heavy (non-hydrogen) atoms. The zero-order valence-electron chi connectivity index (χ0n) is 10.3. The topological polar surface area (TPSA) is 70.5 Å². The van der Waals surface area contributed by atoms with Crippen LogP contribution in [-0.4, -0.2) is 11.8 Å². The summed E-state index contributed by atoms with van der Waals surface area (Å²) >= 11 is 0. The molecule has 1 heterocycles. The van der Waals surface area contributed by atoms with E-state index in [0.29, 0.717) is 37.0 Å². The Morgan fingerprint density at radius 3 is 2.78 bits per heavy atom. The van der Waals surface area contributed by atoms with Crippen molar-refractivity contribution in [1.29, 1.82) is 0 Å². The van der Waals surface area contributed by atoms with Gasteiger partial charge in [0.25, 0.3) is 0 Å². The predicted molar refractivity (Wildman–Crippen MR) is 66.3 cm³/mol. The summed E-state index contributed by atoms with van der Waals surface area (Å²) in [7, 11) is 0. The lowest BCUT2D eigenvalue weighted by Gasteiger charge is -2.12. The van der Waals surface area contributed by atoms with Gasteiger partial charge in [-0.2, -0.15) is 0 Å². The van der Waals surface area contributed by atoms with Crippen LogP contribution in [0.5, 0.6) is 11.5 Å². The van der Waals surface area contributed by atoms with Crippen LogP contribution in [0.3, 0.4) is 0 Å². The van der Waals surface area contributed by atoms with Crippen molar-refractivity contribution in [2.45, 2.75) is 20.1 Å². The van der Waals surface area contributed by atoms with Gasteiger partial charge in [0.05, 0.1) is 12.8 Å². The lowest BCUT2D eigenvalue weighted by atomic mass is 10.2. The van der Waals surface area contributed by atoms with Crippen molar-refractivity contribution in [3.63, 3.8) is 0 Å². The summed E-state index contributed by atoms with van der Waals surface area (Å²) in [5.74, 6) is 2.03. The maximum atomic E-state index is 5.63. The van der Waals surface area contributed by atoms with Crippen LogP contribution >= 0.6 is 0 Å². The predicted octanol–water partition coefficient (Wildman–Crippen LogP) is 2.11. The largest absolute Gasteiger partial charge is 0.490 e. The highest BCUT2D eigenvalue weighted by atomic mass is 16.5. The standard InChI is InChI=1S/C13H16N2O3/c1-2-16-13-7-10(8-14)3-4-12(13)17-9-11-5-6-15-18-11/h3-7H,2,8-9,14H2,1H3. The normalized spacial score (nSPS) is 10.3. The van der Waals surface area contributed by atoms with Crippen molar-refractivity contribution in [1.82, 2.24) is 5.16 Å². The van der Waals surface area contributed by atoms with Crippen LogP contribution < -0.4 is 15.2 Å². The van der Waals surface area contributed by atoms with Crippen LogP contribution in [0.25, 0.3) is 0 Å². The molecule has 0 aliphatic heterocycles. The molecule has 2 N–H and O–H groups in total. The SMILES string of the molecule is CCOc1cc(CN)ccc1OCc1ccno1. The molecular weight excluding hydrogens is 232 g/mol. The van der Waals surface area contributed by atoms with Crippen LogP contribution in [0.1, 0.15) is 18.2 Å². The molecule has 0 aliphatic carbocycles. The smallest absolute Gasteiger partial charge is 0.174 e. The minimum Gasteiger partial charge on any atom is -0.490 e. The van der Waals surface area contributed by atoms with E-state index in [1.807, 2.05) is 25.1 Å². The molecule has 96 valence electrons. The highest BCUT2D eigenvalue weighted by molar-refractivity contribution is 5.43. The van der Waals surface area contributed by atoms with Gasteiger partial charge < -0.3 is 19.7 Å². The molecule has 0 unspecified atom stereocenters. The second-order valence-electron chi connectivity index (χ2n) is 3.69. The summed E-state index contributed by atoms with van der Waals surface area (Å²) in [6, 6.07) is 7.41. The minimum atomic E-state index is 0.321. The van der Waals surface area contributed by atoms with Crippen molar-refractivity contribution in [3.05, 3.63) is 41.8 Å². The molecule has 2 aromatic rings. The highest BCUT2D eigenvalue weighted by Crippen LogP contribution is 2.29. The Balaban J connectivity index is 2.10. The van der Waals surface area contributed by atoms with E-state index in [0.717, 1.165) is 5.56 Å². The first kappa shape index (κ1) is 12.4. The number of rotatable bonds is 6. The van der Waals surface area contributed by atoms with Gasteiger partial charge in [0.2, 0.25) is 0 Å². The van der Waals surface area contributed by atoms with Gasteiger partial charge in [0, 0.05) is 12.6 Å². The van der Waals surface area contributed by atoms with Gasteiger partial charge in [-0.3, -0.25) is 0 Å². The monoisotopic (exact) mass is 248 g/mol. The summed E-state index contributed by atoms with van der Waals surface area (Å²) < 4.78 is 16.1. The lowest BCUT2D eigenvalue weighted by Crippen LogP contribution is -2.02. The van der Waals surface area contributed by atoms with Gasteiger partial charge >= 0.3 is 0 Å². The molecule has 0 atom stereocenters. The molecule has 2 rings (SSSR count). The fourth-order valence-corrected chi connectivity index (χ4v) is 1.53. The van der Waals surface area contributed by atoms with E-state index in [2.05, 4.69) is 5.16 Å². The fourth-order valence-electron chi connectivity index (χ4n) is 1.53. The molecule has 0 spiro atoms. The molecule has 0 radical (unpaired) electrons. The number of nitrogens with two attached hydrogens (primary N) is 1. The summed E-state index contributed by atoms with van der Waals surface area (Å²) in [6.45, 7) is 3.30. The van der Waals surface area contributed by atoms with Crippen molar-refractivity contribution >= 4 is 0 Å². The summed E-state index contributed by atoms with van der Waals surface area (Å²) in [5, 5.41) is 3.62. The molecule has 0 amide bonds. The summed E-state index contributed by atoms with van der Waals surface area (Å²) in [6.07, 6.45) is 1.58. The van der Waals surface area contributed by atoms with E-state index in [9.17, 15) is 0 Å². The number of aromatic nitrogens is 1. The Kier molecular flexibility index (Phi) is 4.20. The van der Waals surface area contributed by atoms with Gasteiger partial charge in [-0.25, -0.2) is 0 Å². The van der Waals surface area contributed by atoms with Gasteiger partial charge in [0.1, 0.15) is 6.61 Å². The average Bonchev–Trinajstić information content (AvgIpc) is 2.90. The first-order valence-corrected chi connectivity index (χ1v) is 5.81. The molecule has 5 heteroatoms. The molecule has 0 bridgehead atoms. The van der Waals surface area contributed by atoms with E-state index >= 15 is 0 Å². The summed E-state index contributed by atoms with van der Waals surface area (Å²) in [4.78, 5) is 0. The maximum Gasteiger partial charge on any atom is 0.174 e. The zero-order valence-corrected chi connectivity index (χ0v) is 10.3. The van der Waals surface area contributed by atoms with Crippen molar-refractivity contribution in [2.75, 3.05) is 6.61 Å². The van der Waals surface area contributed by atoms with E-state index < -0.39 is 0 Å². The Morgan fingerprint density at radius 1 is 1.22 bits per heavy atom. The van der Waals surface area contributed by atoms with Gasteiger partial charge in [-0.05, 0) is 24.6 Å². The third kappa shape index (κ3) is 3.01. The van der Waals surface area contributed by atoms with Crippen LogP contribution in [-0.2, 0) is 13.2 Å². The third-order valence-corrected chi connectivity index (χ3v) is 2.40. The quantitative estimate of drug-likeness (QED) is 0.847. The number of hydrogen-bond acceptors (Lipinski definition) is 5. The molecule has 0 aliphatic rings. The van der Waals surface area contributed by atoms with Crippen LogP contribution in [0, 0.1) is 0 Å². The van der Waals surface area contributed by atoms with Crippen molar-refractivity contribution in [3.8, 4) is 11.5 Å². The number of benzene rings is 1. The van der Waals surface area contributed by atoms with E-state index in [1.54, 1.807) is 12.3 Å². The average molecular weight is 248 g/mol. The van der Waals surface area contributed by atoms with E-state index in [-0.39, 0.29) is 0 Å². The molecule has 0 saturated heterocycles. The molecule has 0 fully saturated rings. The molecule has 0 saturated carbocycles. The zero-order chi connectivity index (χ0) is 12.8. The van der Waals surface area contributed by atoms with Crippen LogP contribution in [0.4, 0.5) is 0 Å². The second-order valence-corrected chi connectivity index (χ2v) is 3.69. The van der Waals surface area contributed by atoms with Crippen LogP contribution in [0.2, 0.25) is 0 Å². The van der Waals surface area contributed by atoms with Gasteiger partial charge in [-0.1, -0.05) is 11.2 Å². The first-order valence-electron chi connectivity index (χ1n) is 5.81. The fraction of sp³-hybridized carbons (Fsp3) is 0.308. The Morgan fingerprint density at radius 2 is 2.11 bits per heavy atom. The van der Waals surface area contributed by atoms with Gasteiger partial charge in [0.15, 0.2) is 17.3 Å². The Bertz CT molecular complexity index is 483. The molecule has 1 aromatic carbocycles. The number of nitrogens with zero attached hydrogens (tertiary/aromatic N) is 1. The Labute approximate surface area is 105 Å². The van der Waals surface area contributed by atoms with Crippen molar-refractivity contribution < 1.29 is 14.0 Å². The lowest BCUT2D eigenvalue weighted by molar-refractivity contribution is 0.233. The van der Waals surface area contributed by atoms with Gasteiger partial charge in [-0.15, -0.1) is 0 Å². The summed E-state index contributed by atoms with van der Waals surface area (Å²) in [5.41, 5.74) is 6.60. The van der Waals surface area contributed by atoms with Crippen molar-refractivity contribution in [2.24, 2.45) is 5.73 Å². The molecular formula is C13H16N2O3. The Hall–Kier alpha value is -2.01. The minimum absolute atomic E-state index is 0.321. The maximum absolute atomic E-state index is 5.63. The molecule has 1 aromatic heterocycles. The second kappa shape index (κ2) is 6.07. The van der Waals surface area contributed by atoms with Crippen LogP contribution in [0.15, 0.2) is 35.0 Å². The van der Waals surface area contributed by atoms with E-state index in [1.165, 1.54) is 0 Å². The van der Waals surface area contributed by atoms with E-state index in [4.69, 9.17) is 19.7 Å². The first-order chi connectivity index (χ1) is 8.83. The third-order valence-electron chi connectivity index (χ3n) is 2.40. The number of ether oxygens (including phenoxy) is 2.